The standard InChI is InChI=1S/C22H31N3O3.HI/c1-15-11-16(2)13-17(12-15)9-10-24-22(23-3)25-14-18-7-8-19(26-4)21(28-6)20(18)27-5;/h7-8,11-13H,9-10,14H2,1-6H3,(H2,23,24,25);1H. The first-order valence-corrected chi connectivity index (χ1v) is 9.31. The summed E-state index contributed by atoms with van der Waals surface area (Å²) in [6, 6.07) is 10.5. The Labute approximate surface area is 191 Å². The van der Waals surface area contributed by atoms with E-state index in [0.717, 1.165) is 24.5 Å². The first-order chi connectivity index (χ1) is 13.5. The molecule has 2 aromatic carbocycles. The van der Waals surface area contributed by atoms with Gasteiger partial charge in [-0.15, -0.1) is 24.0 Å². The molecule has 0 aliphatic heterocycles. The number of halogens is 1. The zero-order chi connectivity index (χ0) is 20.5. The van der Waals surface area contributed by atoms with E-state index in [9.17, 15) is 0 Å². The SMILES string of the molecule is CN=C(NCCc1cc(C)cc(C)c1)NCc1ccc(OC)c(OC)c1OC.I. The lowest BCUT2D eigenvalue weighted by Gasteiger charge is -2.17. The van der Waals surface area contributed by atoms with Gasteiger partial charge in [0.2, 0.25) is 5.75 Å². The lowest BCUT2D eigenvalue weighted by molar-refractivity contribution is 0.322. The molecular weight excluding hydrogens is 481 g/mol. The predicted molar refractivity (Wildman–Crippen MR) is 129 cm³/mol. The number of nitrogens with one attached hydrogen (secondary N) is 2. The monoisotopic (exact) mass is 513 g/mol. The maximum atomic E-state index is 5.53. The van der Waals surface area contributed by atoms with Crippen molar-refractivity contribution in [2.75, 3.05) is 34.9 Å². The second-order valence-corrected chi connectivity index (χ2v) is 6.59. The van der Waals surface area contributed by atoms with Crippen molar-refractivity contribution >= 4 is 29.9 Å². The zero-order valence-electron chi connectivity index (χ0n) is 18.1. The molecule has 0 amide bonds. The number of ether oxygens (including phenoxy) is 3. The van der Waals surface area contributed by atoms with Gasteiger partial charge >= 0.3 is 0 Å². The molecule has 0 spiro atoms. The van der Waals surface area contributed by atoms with Crippen molar-refractivity contribution in [3.05, 3.63) is 52.6 Å². The van der Waals surface area contributed by atoms with Gasteiger partial charge < -0.3 is 24.8 Å². The Bertz CT molecular complexity index is 805. The second-order valence-electron chi connectivity index (χ2n) is 6.59. The highest BCUT2D eigenvalue weighted by Gasteiger charge is 2.15. The largest absolute Gasteiger partial charge is 0.493 e. The summed E-state index contributed by atoms with van der Waals surface area (Å²) in [5.41, 5.74) is 4.86. The van der Waals surface area contributed by atoms with Crippen LogP contribution in [-0.2, 0) is 13.0 Å². The number of aryl methyl sites for hydroxylation is 2. The van der Waals surface area contributed by atoms with Crippen LogP contribution < -0.4 is 24.8 Å². The maximum Gasteiger partial charge on any atom is 0.203 e. The summed E-state index contributed by atoms with van der Waals surface area (Å²) in [5, 5.41) is 6.68. The number of guanidine groups is 1. The molecule has 0 heterocycles. The van der Waals surface area contributed by atoms with Gasteiger partial charge in [0.25, 0.3) is 0 Å². The van der Waals surface area contributed by atoms with E-state index in [4.69, 9.17) is 14.2 Å². The minimum absolute atomic E-state index is 0. The Hall–Kier alpha value is -2.16. The molecule has 2 aromatic rings. The number of nitrogens with zero attached hydrogens (tertiary/aromatic N) is 1. The molecule has 0 bridgehead atoms. The van der Waals surface area contributed by atoms with Crippen molar-refractivity contribution in [2.24, 2.45) is 4.99 Å². The third kappa shape index (κ3) is 6.99. The van der Waals surface area contributed by atoms with Crippen LogP contribution in [0.25, 0.3) is 0 Å². The smallest absolute Gasteiger partial charge is 0.203 e. The third-order valence-corrected chi connectivity index (χ3v) is 4.44. The van der Waals surface area contributed by atoms with Crippen LogP contribution in [0.5, 0.6) is 17.2 Å². The maximum absolute atomic E-state index is 5.53. The normalized spacial score (nSPS) is 10.8. The average Bonchev–Trinajstić information content (AvgIpc) is 2.68. The molecule has 2 rings (SSSR count). The van der Waals surface area contributed by atoms with Crippen molar-refractivity contribution < 1.29 is 14.2 Å². The number of hydrogen-bond acceptors (Lipinski definition) is 4. The summed E-state index contributed by atoms with van der Waals surface area (Å²) in [6.45, 7) is 5.60. The van der Waals surface area contributed by atoms with Crippen LogP contribution in [0.2, 0.25) is 0 Å². The third-order valence-electron chi connectivity index (χ3n) is 4.44. The van der Waals surface area contributed by atoms with Gasteiger partial charge in [0.1, 0.15) is 0 Å². The van der Waals surface area contributed by atoms with Crippen molar-refractivity contribution in [1.82, 2.24) is 10.6 Å². The highest BCUT2D eigenvalue weighted by molar-refractivity contribution is 14.0. The van der Waals surface area contributed by atoms with Gasteiger partial charge in [-0.3, -0.25) is 4.99 Å². The van der Waals surface area contributed by atoms with E-state index < -0.39 is 0 Å². The summed E-state index contributed by atoms with van der Waals surface area (Å²) < 4.78 is 16.3. The summed E-state index contributed by atoms with van der Waals surface area (Å²) >= 11 is 0. The van der Waals surface area contributed by atoms with E-state index in [-0.39, 0.29) is 24.0 Å². The topological polar surface area (TPSA) is 64.1 Å². The molecule has 0 aliphatic rings. The molecule has 0 saturated heterocycles. The quantitative estimate of drug-likeness (QED) is 0.319. The van der Waals surface area contributed by atoms with Gasteiger partial charge in [-0.2, -0.15) is 0 Å². The van der Waals surface area contributed by atoms with E-state index >= 15 is 0 Å². The molecule has 29 heavy (non-hydrogen) atoms. The number of hydrogen-bond donors (Lipinski definition) is 2. The fraction of sp³-hybridized carbons (Fsp3) is 0.409. The van der Waals surface area contributed by atoms with E-state index in [1.165, 1.54) is 16.7 Å². The van der Waals surface area contributed by atoms with Crippen molar-refractivity contribution in [2.45, 2.75) is 26.8 Å². The first-order valence-electron chi connectivity index (χ1n) is 9.31. The fourth-order valence-electron chi connectivity index (χ4n) is 3.24. The molecule has 0 aliphatic carbocycles. The Balaban J connectivity index is 0.00000420. The van der Waals surface area contributed by atoms with Gasteiger partial charge in [0.05, 0.1) is 21.3 Å². The van der Waals surface area contributed by atoms with Gasteiger partial charge in [-0.05, 0) is 38.0 Å². The molecule has 2 N–H and O–H groups in total. The molecule has 7 heteroatoms. The summed E-state index contributed by atoms with van der Waals surface area (Å²) in [4.78, 5) is 4.30. The van der Waals surface area contributed by atoms with Crippen LogP contribution in [0.15, 0.2) is 35.3 Å². The van der Waals surface area contributed by atoms with Crippen LogP contribution >= 0.6 is 24.0 Å². The molecule has 0 unspecified atom stereocenters. The molecular formula is C22H32IN3O3. The average molecular weight is 513 g/mol. The fourth-order valence-corrected chi connectivity index (χ4v) is 3.24. The van der Waals surface area contributed by atoms with Crippen molar-refractivity contribution in [3.63, 3.8) is 0 Å². The van der Waals surface area contributed by atoms with Gasteiger partial charge in [-0.1, -0.05) is 29.3 Å². The molecule has 0 saturated carbocycles. The van der Waals surface area contributed by atoms with Gasteiger partial charge in [0, 0.05) is 25.7 Å². The number of benzene rings is 2. The molecule has 160 valence electrons. The summed E-state index contributed by atoms with van der Waals surface area (Å²) in [7, 11) is 6.59. The Morgan fingerprint density at radius 1 is 0.897 bits per heavy atom. The van der Waals surface area contributed by atoms with Crippen LogP contribution in [0.4, 0.5) is 0 Å². The van der Waals surface area contributed by atoms with Gasteiger partial charge in [0.15, 0.2) is 17.5 Å². The van der Waals surface area contributed by atoms with E-state index in [1.807, 2.05) is 12.1 Å². The van der Waals surface area contributed by atoms with Crippen molar-refractivity contribution in [3.8, 4) is 17.2 Å². The van der Waals surface area contributed by atoms with E-state index in [0.29, 0.717) is 23.8 Å². The lowest BCUT2D eigenvalue weighted by Crippen LogP contribution is -2.37. The minimum atomic E-state index is 0. The lowest BCUT2D eigenvalue weighted by atomic mass is 10.1. The molecule has 0 fully saturated rings. The highest BCUT2D eigenvalue weighted by atomic mass is 127. The van der Waals surface area contributed by atoms with Gasteiger partial charge in [-0.25, -0.2) is 0 Å². The molecule has 6 nitrogen and oxygen atoms in total. The van der Waals surface area contributed by atoms with Crippen LogP contribution in [0, 0.1) is 13.8 Å². The second kappa shape index (κ2) is 12.4. The van der Waals surface area contributed by atoms with Crippen LogP contribution in [0.3, 0.4) is 0 Å². The Morgan fingerprint density at radius 3 is 2.10 bits per heavy atom. The number of rotatable bonds is 8. The van der Waals surface area contributed by atoms with Crippen LogP contribution in [0.1, 0.15) is 22.3 Å². The van der Waals surface area contributed by atoms with Crippen LogP contribution in [-0.4, -0.2) is 40.9 Å². The predicted octanol–water partition coefficient (Wildman–Crippen LogP) is 3.85. The first kappa shape index (κ1) is 24.9. The van der Waals surface area contributed by atoms with Crippen molar-refractivity contribution in [1.29, 1.82) is 0 Å². The molecule has 0 radical (unpaired) electrons. The summed E-state index contributed by atoms with van der Waals surface area (Å²) in [5.74, 6) is 2.61. The Morgan fingerprint density at radius 2 is 1.55 bits per heavy atom. The van der Waals surface area contributed by atoms with E-state index in [1.54, 1.807) is 28.4 Å². The minimum Gasteiger partial charge on any atom is -0.493 e. The molecule has 0 atom stereocenters. The highest BCUT2D eigenvalue weighted by Crippen LogP contribution is 2.39. The number of aliphatic imine (C=N–C) groups is 1. The van der Waals surface area contributed by atoms with E-state index in [2.05, 4.69) is 47.7 Å². The zero-order valence-corrected chi connectivity index (χ0v) is 20.4. The molecule has 0 aromatic heterocycles. The summed E-state index contributed by atoms with van der Waals surface area (Å²) in [6.07, 6.45) is 0.933. The number of methoxy groups -OCH3 is 3. The Kier molecular flexibility index (Phi) is 10.6.